The first-order valence-corrected chi connectivity index (χ1v) is 7.23. The Morgan fingerprint density at radius 2 is 2.00 bits per heavy atom. The van der Waals surface area contributed by atoms with Crippen molar-refractivity contribution in [3.63, 3.8) is 0 Å². The molecule has 2 rings (SSSR count). The smallest absolute Gasteiger partial charge is 0.342 e. The van der Waals surface area contributed by atoms with Crippen molar-refractivity contribution in [2.75, 3.05) is 13.1 Å². The van der Waals surface area contributed by atoms with Crippen LogP contribution >= 0.6 is 11.6 Å². The summed E-state index contributed by atoms with van der Waals surface area (Å²) in [5.41, 5.74) is 0.271. The van der Waals surface area contributed by atoms with E-state index in [2.05, 4.69) is 5.16 Å². The summed E-state index contributed by atoms with van der Waals surface area (Å²) in [7, 11) is 0. The SMILES string of the molecule is CC(=O)N1CCC(=NOC(=O)c2cc([N+](=O)[O-])ccc2Cl)CC1. The maximum Gasteiger partial charge on any atom is 0.367 e. The van der Waals surface area contributed by atoms with Gasteiger partial charge in [-0.1, -0.05) is 16.8 Å². The first-order chi connectivity index (χ1) is 10.9. The number of rotatable bonds is 3. The number of benzene rings is 1. The molecule has 1 fully saturated rings. The molecule has 0 bridgehead atoms. The first kappa shape index (κ1) is 16.9. The fourth-order valence-electron chi connectivity index (χ4n) is 2.11. The third kappa shape index (κ3) is 4.26. The van der Waals surface area contributed by atoms with Gasteiger partial charge >= 0.3 is 5.97 Å². The molecule has 0 spiro atoms. The molecule has 1 heterocycles. The van der Waals surface area contributed by atoms with Gasteiger partial charge in [-0.25, -0.2) is 4.79 Å². The Morgan fingerprint density at radius 3 is 2.57 bits per heavy atom. The lowest BCUT2D eigenvalue weighted by Gasteiger charge is -2.25. The molecular formula is C14H14ClN3O5. The largest absolute Gasteiger partial charge is 0.367 e. The molecule has 8 nitrogen and oxygen atoms in total. The highest BCUT2D eigenvalue weighted by atomic mass is 35.5. The predicted molar refractivity (Wildman–Crippen MR) is 82.4 cm³/mol. The maximum absolute atomic E-state index is 12.0. The standard InChI is InChI=1S/C14H14ClN3O5/c1-9(19)17-6-4-10(5-7-17)16-23-14(20)12-8-11(18(21)22)2-3-13(12)15/h2-3,8H,4-7H2,1H3. The number of carbonyl (C=O) groups excluding carboxylic acids is 2. The molecule has 0 N–H and O–H groups in total. The van der Waals surface area contributed by atoms with Crippen molar-refractivity contribution in [1.82, 2.24) is 4.90 Å². The van der Waals surface area contributed by atoms with Crippen LogP contribution in [-0.2, 0) is 9.63 Å². The van der Waals surface area contributed by atoms with Crippen LogP contribution in [-0.4, -0.2) is 40.5 Å². The number of nitro benzene ring substituents is 1. The average Bonchev–Trinajstić information content (AvgIpc) is 2.53. The molecule has 0 aliphatic carbocycles. The van der Waals surface area contributed by atoms with E-state index in [0.29, 0.717) is 31.6 Å². The van der Waals surface area contributed by atoms with Crippen molar-refractivity contribution in [3.8, 4) is 0 Å². The molecule has 1 aromatic rings. The van der Waals surface area contributed by atoms with E-state index in [1.54, 1.807) is 4.90 Å². The number of hydrogen-bond donors (Lipinski definition) is 0. The molecule has 1 aromatic carbocycles. The average molecular weight is 340 g/mol. The number of amides is 1. The lowest BCUT2D eigenvalue weighted by Crippen LogP contribution is -2.37. The maximum atomic E-state index is 12.0. The Labute approximate surface area is 136 Å². The summed E-state index contributed by atoms with van der Waals surface area (Å²) in [6.45, 7) is 2.53. The van der Waals surface area contributed by atoms with Crippen LogP contribution in [0.5, 0.6) is 0 Å². The van der Waals surface area contributed by atoms with Crippen LogP contribution in [0.1, 0.15) is 30.1 Å². The minimum Gasteiger partial charge on any atom is -0.342 e. The number of nitro groups is 1. The molecule has 1 saturated heterocycles. The molecule has 1 amide bonds. The number of nitrogens with zero attached hydrogens (tertiary/aromatic N) is 3. The molecule has 0 atom stereocenters. The van der Waals surface area contributed by atoms with Crippen molar-refractivity contribution >= 4 is 34.9 Å². The molecule has 0 saturated carbocycles. The Morgan fingerprint density at radius 1 is 1.35 bits per heavy atom. The minimum atomic E-state index is -0.861. The van der Waals surface area contributed by atoms with Gasteiger partial charge in [0.2, 0.25) is 5.91 Å². The summed E-state index contributed by atoms with van der Waals surface area (Å²) < 4.78 is 0. The minimum absolute atomic E-state index is 0.00979. The van der Waals surface area contributed by atoms with Crippen LogP contribution in [0.4, 0.5) is 5.69 Å². The van der Waals surface area contributed by atoms with Gasteiger partial charge < -0.3 is 9.74 Å². The highest BCUT2D eigenvalue weighted by Gasteiger charge is 2.20. The lowest BCUT2D eigenvalue weighted by atomic mass is 10.1. The van der Waals surface area contributed by atoms with Crippen molar-refractivity contribution in [1.29, 1.82) is 0 Å². The second kappa shape index (κ2) is 7.19. The van der Waals surface area contributed by atoms with Gasteiger partial charge in [0, 0.05) is 45.0 Å². The molecule has 1 aliphatic heterocycles. The van der Waals surface area contributed by atoms with Gasteiger partial charge in [-0.3, -0.25) is 14.9 Å². The predicted octanol–water partition coefficient (Wildman–Crippen LogP) is 2.40. The van der Waals surface area contributed by atoms with Crippen LogP contribution < -0.4 is 0 Å². The van der Waals surface area contributed by atoms with Gasteiger partial charge in [-0.15, -0.1) is 0 Å². The molecule has 0 aromatic heterocycles. The summed E-state index contributed by atoms with van der Waals surface area (Å²) in [6, 6.07) is 3.50. The fourth-order valence-corrected chi connectivity index (χ4v) is 2.30. The highest BCUT2D eigenvalue weighted by Crippen LogP contribution is 2.23. The molecular weight excluding hydrogens is 326 g/mol. The van der Waals surface area contributed by atoms with Crippen LogP contribution in [0.2, 0.25) is 5.02 Å². The molecule has 0 unspecified atom stereocenters. The van der Waals surface area contributed by atoms with E-state index in [1.807, 2.05) is 0 Å². The van der Waals surface area contributed by atoms with E-state index in [9.17, 15) is 19.7 Å². The Kier molecular flexibility index (Phi) is 5.28. The third-order valence-electron chi connectivity index (χ3n) is 3.42. The summed E-state index contributed by atoms with van der Waals surface area (Å²) in [5, 5.41) is 14.5. The van der Waals surface area contributed by atoms with Gasteiger partial charge in [-0.2, -0.15) is 0 Å². The normalized spacial score (nSPS) is 14.3. The van der Waals surface area contributed by atoms with Crippen molar-refractivity contribution in [3.05, 3.63) is 38.9 Å². The van der Waals surface area contributed by atoms with Crippen molar-refractivity contribution < 1.29 is 19.3 Å². The number of non-ortho nitro benzene ring substituents is 1. The van der Waals surface area contributed by atoms with Crippen LogP contribution in [0.15, 0.2) is 23.4 Å². The van der Waals surface area contributed by atoms with Gasteiger partial charge in [0.05, 0.1) is 21.2 Å². The number of piperidine rings is 1. The number of likely N-dealkylation sites (tertiary alicyclic amines) is 1. The van der Waals surface area contributed by atoms with Gasteiger partial charge in [0.15, 0.2) is 0 Å². The van der Waals surface area contributed by atoms with E-state index < -0.39 is 10.9 Å². The van der Waals surface area contributed by atoms with E-state index in [1.165, 1.54) is 19.1 Å². The zero-order valence-corrected chi connectivity index (χ0v) is 13.1. The summed E-state index contributed by atoms with van der Waals surface area (Å²) in [5.74, 6) is -0.871. The quantitative estimate of drug-likeness (QED) is 0.478. The van der Waals surface area contributed by atoms with Crippen molar-refractivity contribution in [2.45, 2.75) is 19.8 Å². The van der Waals surface area contributed by atoms with E-state index >= 15 is 0 Å². The third-order valence-corrected chi connectivity index (χ3v) is 3.75. The van der Waals surface area contributed by atoms with E-state index in [0.717, 1.165) is 6.07 Å². The highest BCUT2D eigenvalue weighted by molar-refractivity contribution is 6.33. The lowest BCUT2D eigenvalue weighted by molar-refractivity contribution is -0.384. The molecule has 23 heavy (non-hydrogen) atoms. The van der Waals surface area contributed by atoms with Crippen LogP contribution in [0, 0.1) is 10.1 Å². The number of halogens is 1. The Bertz CT molecular complexity index is 679. The monoisotopic (exact) mass is 339 g/mol. The second-order valence-electron chi connectivity index (χ2n) is 4.96. The summed E-state index contributed by atoms with van der Waals surface area (Å²) >= 11 is 5.86. The van der Waals surface area contributed by atoms with Crippen LogP contribution in [0.25, 0.3) is 0 Å². The van der Waals surface area contributed by atoms with Crippen LogP contribution in [0.3, 0.4) is 0 Å². The van der Waals surface area contributed by atoms with Gasteiger partial charge in [0.25, 0.3) is 5.69 Å². The first-order valence-electron chi connectivity index (χ1n) is 6.85. The van der Waals surface area contributed by atoms with E-state index in [-0.39, 0.29) is 22.2 Å². The number of carbonyl (C=O) groups is 2. The molecule has 1 aliphatic rings. The summed E-state index contributed by atoms with van der Waals surface area (Å²) in [4.78, 5) is 39.8. The number of hydrogen-bond acceptors (Lipinski definition) is 6. The molecule has 0 radical (unpaired) electrons. The Balaban J connectivity index is 2.03. The van der Waals surface area contributed by atoms with Gasteiger partial charge in [0.1, 0.15) is 0 Å². The zero-order chi connectivity index (χ0) is 17.0. The topological polar surface area (TPSA) is 102 Å². The molecule has 9 heteroatoms. The zero-order valence-electron chi connectivity index (χ0n) is 12.3. The van der Waals surface area contributed by atoms with E-state index in [4.69, 9.17) is 16.4 Å². The second-order valence-corrected chi connectivity index (χ2v) is 5.37. The molecule has 122 valence electrons. The number of oxime groups is 1. The van der Waals surface area contributed by atoms with Gasteiger partial charge in [-0.05, 0) is 6.07 Å². The van der Waals surface area contributed by atoms with Crippen molar-refractivity contribution in [2.24, 2.45) is 5.16 Å². The fraction of sp³-hybridized carbons (Fsp3) is 0.357. The summed E-state index contributed by atoms with van der Waals surface area (Å²) in [6.07, 6.45) is 1.02. The Hall–Kier alpha value is -2.48.